The molecule has 0 aliphatic heterocycles. The molecule has 2 aromatic rings. The van der Waals surface area contributed by atoms with E-state index in [-0.39, 0.29) is 5.91 Å². The molecule has 1 N–H and O–H groups in total. The van der Waals surface area contributed by atoms with Gasteiger partial charge in [0.05, 0.1) is 0 Å². The molecule has 0 unspecified atom stereocenters. The first-order valence-corrected chi connectivity index (χ1v) is 6.20. The van der Waals surface area contributed by atoms with E-state index in [4.69, 9.17) is 5.11 Å². The quantitative estimate of drug-likeness (QED) is 0.867. The third kappa shape index (κ3) is 3.23. The van der Waals surface area contributed by atoms with Gasteiger partial charge in [-0.3, -0.25) is 4.79 Å². The number of aliphatic carboxylic acids is 1. The van der Waals surface area contributed by atoms with Gasteiger partial charge >= 0.3 is 5.97 Å². The van der Waals surface area contributed by atoms with Gasteiger partial charge < -0.3 is 10.0 Å². The first kappa shape index (κ1) is 13.8. The van der Waals surface area contributed by atoms with Crippen LogP contribution in [0, 0.1) is 0 Å². The van der Waals surface area contributed by atoms with Crippen LogP contribution in [0.4, 0.5) is 0 Å². The van der Waals surface area contributed by atoms with Crippen molar-refractivity contribution in [3.05, 3.63) is 60.2 Å². The minimum atomic E-state index is -1.13. The van der Waals surface area contributed by atoms with Crippen molar-refractivity contribution in [3.63, 3.8) is 0 Å². The Morgan fingerprint density at radius 1 is 1.10 bits per heavy atom. The van der Waals surface area contributed by atoms with Crippen molar-refractivity contribution in [2.45, 2.75) is 6.54 Å². The molecule has 0 atom stereocenters. The Bertz CT molecular complexity index is 671. The summed E-state index contributed by atoms with van der Waals surface area (Å²) < 4.78 is 0. The highest BCUT2D eigenvalue weighted by molar-refractivity contribution is 5.94. The molecule has 0 spiro atoms. The zero-order valence-electron chi connectivity index (χ0n) is 11.1. The number of hydrogen-bond donors (Lipinski definition) is 1. The van der Waals surface area contributed by atoms with Gasteiger partial charge in [0.15, 0.2) is 0 Å². The number of carbonyl (C=O) groups excluding carboxylic acids is 1. The van der Waals surface area contributed by atoms with Crippen LogP contribution in [-0.4, -0.2) is 28.9 Å². The second kappa shape index (κ2) is 6.02. The second-order valence-electron chi connectivity index (χ2n) is 4.50. The second-order valence-corrected chi connectivity index (χ2v) is 4.50. The standard InChI is InChI=1S/C16H15NO3/c1-17(15(18)9-10-16(19)20)11-13-7-4-6-12-5-2-3-8-14(12)13/h2-10H,11H2,1H3,(H,19,20)/b10-9+. The van der Waals surface area contributed by atoms with Gasteiger partial charge in [0.25, 0.3) is 0 Å². The molecule has 1 amide bonds. The molecule has 0 heterocycles. The topological polar surface area (TPSA) is 57.6 Å². The molecule has 20 heavy (non-hydrogen) atoms. The third-order valence-corrected chi connectivity index (χ3v) is 3.03. The molecule has 0 bridgehead atoms. The lowest BCUT2D eigenvalue weighted by Gasteiger charge is -2.16. The van der Waals surface area contributed by atoms with Crippen LogP contribution in [0.25, 0.3) is 10.8 Å². The number of carboxylic acids is 1. The number of likely N-dealkylation sites (N-methyl/N-ethyl adjacent to an activating group) is 1. The van der Waals surface area contributed by atoms with E-state index < -0.39 is 5.97 Å². The monoisotopic (exact) mass is 269 g/mol. The molecular formula is C16H15NO3. The van der Waals surface area contributed by atoms with Crippen LogP contribution in [0.1, 0.15) is 5.56 Å². The van der Waals surface area contributed by atoms with E-state index in [1.807, 2.05) is 42.5 Å². The van der Waals surface area contributed by atoms with Crippen LogP contribution >= 0.6 is 0 Å². The lowest BCUT2D eigenvalue weighted by molar-refractivity contribution is -0.132. The fourth-order valence-electron chi connectivity index (χ4n) is 2.03. The van der Waals surface area contributed by atoms with E-state index in [0.717, 1.165) is 28.5 Å². The molecule has 4 heteroatoms. The number of rotatable bonds is 4. The van der Waals surface area contributed by atoms with Gasteiger partial charge in [-0.15, -0.1) is 0 Å². The highest BCUT2D eigenvalue weighted by atomic mass is 16.4. The van der Waals surface area contributed by atoms with Crippen LogP contribution in [0.5, 0.6) is 0 Å². The van der Waals surface area contributed by atoms with E-state index in [9.17, 15) is 9.59 Å². The van der Waals surface area contributed by atoms with Gasteiger partial charge in [-0.25, -0.2) is 4.79 Å². The molecule has 102 valence electrons. The fourth-order valence-corrected chi connectivity index (χ4v) is 2.03. The van der Waals surface area contributed by atoms with Crippen molar-refractivity contribution >= 4 is 22.6 Å². The number of nitrogens with zero attached hydrogens (tertiary/aromatic N) is 1. The zero-order chi connectivity index (χ0) is 14.5. The predicted octanol–water partition coefficient (Wildman–Crippen LogP) is 2.44. The lowest BCUT2D eigenvalue weighted by Crippen LogP contribution is -2.24. The van der Waals surface area contributed by atoms with Crippen molar-refractivity contribution in [3.8, 4) is 0 Å². The molecule has 0 aliphatic rings. The Labute approximate surface area is 116 Å². The maximum absolute atomic E-state index is 11.8. The molecule has 2 rings (SSSR count). The highest BCUT2D eigenvalue weighted by Gasteiger charge is 2.08. The van der Waals surface area contributed by atoms with Crippen molar-refractivity contribution < 1.29 is 14.7 Å². The molecular weight excluding hydrogens is 254 g/mol. The lowest BCUT2D eigenvalue weighted by atomic mass is 10.0. The van der Waals surface area contributed by atoms with Gasteiger partial charge in [-0.2, -0.15) is 0 Å². The number of amides is 1. The molecule has 4 nitrogen and oxygen atoms in total. The van der Waals surface area contributed by atoms with Crippen LogP contribution in [-0.2, 0) is 16.1 Å². The molecule has 0 fully saturated rings. The molecule has 0 aromatic heterocycles. The van der Waals surface area contributed by atoms with Gasteiger partial charge in [0.1, 0.15) is 0 Å². The first-order valence-electron chi connectivity index (χ1n) is 6.20. The first-order chi connectivity index (χ1) is 9.58. The number of carbonyl (C=O) groups is 2. The summed E-state index contributed by atoms with van der Waals surface area (Å²) in [4.78, 5) is 23.7. The third-order valence-electron chi connectivity index (χ3n) is 3.03. The molecule has 0 saturated heterocycles. The van der Waals surface area contributed by atoms with Gasteiger partial charge in [-0.05, 0) is 16.3 Å². The van der Waals surface area contributed by atoms with Crippen LogP contribution < -0.4 is 0 Å². The van der Waals surface area contributed by atoms with Crippen LogP contribution in [0.3, 0.4) is 0 Å². The van der Waals surface area contributed by atoms with E-state index >= 15 is 0 Å². The minimum Gasteiger partial charge on any atom is -0.478 e. The average molecular weight is 269 g/mol. The molecule has 0 saturated carbocycles. The summed E-state index contributed by atoms with van der Waals surface area (Å²) in [5.41, 5.74) is 1.03. The summed E-state index contributed by atoms with van der Waals surface area (Å²) in [5, 5.41) is 10.7. The van der Waals surface area contributed by atoms with E-state index in [2.05, 4.69) is 0 Å². The molecule has 0 aliphatic carbocycles. The SMILES string of the molecule is CN(Cc1cccc2ccccc12)C(=O)/C=C/C(=O)O. The Morgan fingerprint density at radius 3 is 2.55 bits per heavy atom. The maximum atomic E-state index is 11.8. The van der Waals surface area contributed by atoms with Crippen LogP contribution in [0.15, 0.2) is 54.6 Å². The van der Waals surface area contributed by atoms with Gasteiger partial charge in [0, 0.05) is 25.7 Å². The van der Waals surface area contributed by atoms with E-state index in [0.29, 0.717) is 6.54 Å². The normalized spacial score (nSPS) is 10.8. The number of fused-ring (bicyclic) bond motifs is 1. The van der Waals surface area contributed by atoms with Crippen molar-refractivity contribution in [1.29, 1.82) is 0 Å². The molecule has 2 aromatic carbocycles. The Morgan fingerprint density at radius 2 is 1.80 bits per heavy atom. The van der Waals surface area contributed by atoms with Gasteiger partial charge in [-0.1, -0.05) is 42.5 Å². The Hall–Kier alpha value is -2.62. The van der Waals surface area contributed by atoms with E-state index in [1.54, 1.807) is 7.05 Å². The number of benzene rings is 2. The summed E-state index contributed by atoms with van der Waals surface area (Å²) in [5.74, 6) is -1.46. The number of hydrogen-bond acceptors (Lipinski definition) is 2. The average Bonchev–Trinajstić information content (AvgIpc) is 2.45. The largest absolute Gasteiger partial charge is 0.478 e. The molecule has 0 radical (unpaired) electrons. The summed E-state index contributed by atoms with van der Waals surface area (Å²) in [6.45, 7) is 0.435. The van der Waals surface area contributed by atoms with E-state index in [1.165, 1.54) is 4.90 Å². The summed E-state index contributed by atoms with van der Waals surface area (Å²) in [6, 6.07) is 13.9. The van der Waals surface area contributed by atoms with Crippen molar-refractivity contribution in [2.75, 3.05) is 7.05 Å². The predicted molar refractivity (Wildman–Crippen MR) is 77.2 cm³/mol. The van der Waals surface area contributed by atoms with Gasteiger partial charge in [0.2, 0.25) is 5.91 Å². The maximum Gasteiger partial charge on any atom is 0.328 e. The highest BCUT2D eigenvalue weighted by Crippen LogP contribution is 2.19. The van der Waals surface area contributed by atoms with Crippen molar-refractivity contribution in [2.24, 2.45) is 0 Å². The smallest absolute Gasteiger partial charge is 0.328 e. The Balaban J connectivity index is 2.20. The Kier molecular flexibility index (Phi) is 4.15. The number of carboxylic acid groups (broad SMARTS) is 1. The zero-order valence-corrected chi connectivity index (χ0v) is 11.1. The summed E-state index contributed by atoms with van der Waals surface area (Å²) in [7, 11) is 1.65. The fraction of sp³-hybridized carbons (Fsp3) is 0.125. The van der Waals surface area contributed by atoms with Crippen molar-refractivity contribution in [1.82, 2.24) is 4.90 Å². The summed E-state index contributed by atoms with van der Waals surface area (Å²) in [6.07, 6.45) is 1.91. The minimum absolute atomic E-state index is 0.333. The van der Waals surface area contributed by atoms with Crippen LogP contribution in [0.2, 0.25) is 0 Å². The summed E-state index contributed by atoms with van der Waals surface area (Å²) >= 11 is 0.